The molecule has 35 heavy (non-hydrogen) atoms. The number of hydrogen-bond acceptors (Lipinski definition) is 6. The number of ketones is 1. The van der Waals surface area contributed by atoms with Crippen molar-refractivity contribution in [2.45, 2.75) is 12.4 Å². The molecule has 0 atom stereocenters. The van der Waals surface area contributed by atoms with E-state index >= 15 is 0 Å². The maximum atomic E-state index is 12.8. The maximum Gasteiger partial charge on any atom is 0.417 e. The van der Waals surface area contributed by atoms with Gasteiger partial charge in [-0.15, -0.1) is 0 Å². The molecular formula is C19H12Cl2F6N2O6. The van der Waals surface area contributed by atoms with Crippen LogP contribution in [0.5, 0.6) is 11.5 Å². The Balaban J connectivity index is 0.000000247. The molecular weight excluding hydrogens is 537 g/mol. The van der Waals surface area contributed by atoms with Crippen LogP contribution in [0.25, 0.3) is 0 Å². The highest BCUT2D eigenvalue weighted by atomic mass is 35.5. The molecule has 0 aromatic heterocycles. The highest BCUT2D eigenvalue weighted by Gasteiger charge is 2.44. The van der Waals surface area contributed by atoms with Crippen molar-refractivity contribution in [2.24, 2.45) is 0 Å². The third-order valence-electron chi connectivity index (χ3n) is 4.41. The number of anilines is 2. The first kappa shape index (κ1) is 27.9. The lowest BCUT2D eigenvalue weighted by molar-refractivity contribution is -0.138. The molecule has 2 aromatic rings. The first-order chi connectivity index (χ1) is 16.0. The van der Waals surface area contributed by atoms with E-state index in [1.807, 2.05) is 5.32 Å². The molecule has 16 heteroatoms. The van der Waals surface area contributed by atoms with E-state index in [4.69, 9.17) is 38.8 Å². The van der Waals surface area contributed by atoms with Gasteiger partial charge in [-0.25, -0.2) is 4.79 Å². The number of halogens is 8. The Morgan fingerprint density at radius 1 is 0.943 bits per heavy atom. The first-order valence-electron chi connectivity index (χ1n) is 8.77. The number of carboxylic acids is 1. The molecule has 0 bridgehead atoms. The van der Waals surface area contributed by atoms with E-state index in [0.29, 0.717) is 12.1 Å². The molecule has 0 saturated carbocycles. The summed E-state index contributed by atoms with van der Waals surface area (Å²) in [7, 11) is 2.29. The second kappa shape index (κ2) is 9.70. The predicted molar refractivity (Wildman–Crippen MR) is 110 cm³/mol. The Kier molecular flexibility index (Phi) is 7.72. The molecule has 4 N–H and O–H groups in total. The van der Waals surface area contributed by atoms with Crippen LogP contribution in [0.2, 0.25) is 10.0 Å². The monoisotopic (exact) mass is 548 g/mol. The molecule has 0 radical (unpaired) electrons. The van der Waals surface area contributed by atoms with Crippen LogP contribution in [-0.4, -0.2) is 37.0 Å². The molecule has 190 valence electrons. The van der Waals surface area contributed by atoms with Gasteiger partial charge < -0.3 is 25.6 Å². The van der Waals surface area contributed by atoms with E-state index < -0.39 is 63.0 Å². The van der Waals surface area contributed by atoms with E-state index in [1.165, 1.54) is 7.11 Å². The largest absolute Gasteiger partial charge is 0.493 e. The number of nitrogens with two attached hydrogens (primary N) is 1. The molecule has 0 saturated heterocycles. The molecule has 1 amide bonds. The second-order valence-electron chi connectivity index (χ2n) is 6.50. The Morgan fingerprint density at radius 3 is 1.83 bits per heavy atom. The summed E-state index contributed by atoms with van der Waals surface area (Å²) in [5.74, 6) is -4.66. The van der Waals surface area contributed by atoms with Crippen LogP contribution in [0.1, 0.15) is 31.8 Å². The number of carbonyl (C=O) groups excluding carboxylic acids is 2. The van der Waals surface area contributed by atoms with Crippen molar-refractivity contribution >= 4 is 52.2 Å². The fourth-order valence-corrected chi connectivity index (χ4v) is 3.58. The number of alkyl halides is 6. The number of nitrogen functional groups attached to an aromatic ring is 1. The van der Waals surface area contributed by atoms with Crippen LogP contribution in [0.4, 0.5) is 37.7 Å². The normalized spacial score (nSPS) is 13.0. The maximum absolute atomic E-state index is 12.8. The molecule has 0 fully saturated rings. The van der Waals surface area contributed by atoms with Crippen molar-refractivity contribution in [2.75, 3.05) is 25.3 Å². The third kappa shape index (κ3) is 5.32. The van der Waals surface area contributed by atoms with Gasteiger partial charge in [0.25, 0.3) is 11.7 Å². The van der Waals surface area contributed by atoms with Gasteiger partial charge in [-0.1, -0.05) is 23.2 Å². The van der Waals surface area contributed by atoms with Crippen molar-refractivity contribution in [1.82, 2.24) is 0 Å². The minimum absolute atomic E-state index is 0.168. The van der Waals surface area contributed by atoms with Crippen LogP contribution >= 0.6 is 23.2 Å². The molecule has 0 aliphatic carbocycles. The minimum atomic E-state index is -4.86. The molecule has 1 aliphatic rings. The zero-order valence-electron chi connectivity index (χ0n) is 17.2. The Hall–Kier alpha value is -3.39. The SMILES string of the molecule is COc1c(Cl)cc(C(F)(F)F)c(C(=O)O)c1N.COc1c(Cl)cc(C(F)(F)F)c2c1NC(=O)C2=O. The zero-order chi connectivity index (χ0) is 27.0. The second-order valence-corrected chi connectivity index (χ2v) is 7.32. The number of nitrogens with one attached hydrogen (secondary N) is 1. The third-order valence-corrected chi connectivity index (χ3v) is 4.97. The molecule has 2 aromatic carbocycles. The zero-order valence-corrected chi connectivity index (χ0v) is 18.8. The Labute approximate surface area is 201 Å². The number of aromatic carboxylic acids is 1. The van der Waals surface area contributed by atoms with Crippen molar-refractivity contribution in [3.05, 3.63) is 44.4 Å². The average molecular weight is 549 g/mol. The summed E-state index contributed by atoms with van der Waals surface area (Å²) in [6, 6.07) is 1.04. The van der Waals surface area contributed by atoms with E-state index in [0.717, 1.165) is 7.11 Å². The molecule has 8 nitrogen and oxygen atoms in total. The van der Waals surface area contributed by atoms with Gasteiger partial charge in [-0.2, -0.15) is 26.3 Å². The summed E-state index contributed by atoms with van der Waals surface area (Å²) in [6.45, 7) is 0. The van der Waals surface area contributed by atoms with Gasteiger partial charge in [0.2, 0.25) is 0 Å². The Morgan fingerprint density at radius 2 is 1.40 bits per heavy atom. The molecule has 0 unspecified atom stereocenters. The number of rotatable bonds is 3. The lowest BCUT2D eigenvalue weighted by Gasteiger charge is -2.15. The van der Waals surface area contributed by atoms with Gasteiger partial charge >= 0.3 is 18.3 Å². The molecule has 0 spiro atoms. The summed E-state index contributed by atoms with van der Waals surface area (Å²) in [6.07, 6.45) is -9.65. The van der Waals surface area contributed by atoms with E-state index in [-0.39, 0.29) is 22.2 Å². The lowest BCUT2D eigenvalue weighted by Crippen LogP contribution is -2.16. The van der Waals surface area contributed by atoms with Crippen LogP contribution in [0.3, 0.4) is 0 Å². The number of ether oxygens (including phenoxy) is 2. The summed E-state index contributed by atoms with van der Waals surface area (Å²) >= 11 is 11.1. The van der Waals surface area contributed by atoms with Gasteiger partial charge in [0.1, 0.15) is 0 Å². The average Bonchev–Trinajstić information content (AvgIpc) is 3.00. The lowest BCUT2D eigenvalue weighted by atomic mass is 10.0. The fraction of sp³-hybridized carbons (Fsp3) is 0.211. The van der Waals surface area contributed by atoms with Gasteiger partial charge in [-0.3, -0.25) is 9.59 Å². The topological polar surface area (TPSA) is 128 Å². The highest BCUT2D eigenvalue weighted by molar-refractivity contribution is 6.53. The standard InChI is InChI=1S/C10H5ClF3NO3.C9H7ClF3NO3/c1-18-8-4(11)2-3(10(12,13)14)5-6(8)15-9(17)7(5)16;1-17-7-4(10)2-3(9(11,12)13)5(6(7)14)8(15)16/h2H,1H3,(H,15,16,17);2H,14H2,1H3,(H,15,16). The van der Waals surface area contributed by atoms with Crippen molar-refractivity contribution in [3.8, 4) is 11.5 Å². The fourth-order valence-electron chi connectivity index (χ4n) is 3.01. The van der Waals surface area contributed by atoms with Crippen LogP contribution < -0.4 is 20.5 Å². The molecule has 3 rings (SSSR count). The Bertz CT molecular complexity index is 1230. The first-order valence-corrected chi connectivity index (χ1v) is 9.52. The number of amides is 1. The number of carbonyl (C=O) groups is 3. The predicted octanol–water partition coefficient (Wildman–Crippen LogP) is 5.15. The van der Waals surface area contributed by atoms with E-state index in [9.17, 15) is 40.7 Å². The number of fused-ring (bicyclic) bond motifs is 1. The quantitative estimate of drug-likeness (QED) is 0.275. The van der Waals surface area contributed by atoms with Crippen LogP contribution in [0, 0.1) is 0 Å². The molecule has 1 aliphatic heterocycles. The number of benzene rings is 2. The minimum Gasteiger partial charge on any atom is -0.493 e. The molecule has 1 heterocycles. The van der Waals surface area contributed by atoms with Gasteiger partial charge in [0.05, 0.1) is 57.9 Å². The number of Topliss-reactive ketones (excluding diaryl/α,β-unsaturated/α-hetero) is 1. The number of carboxylic acid groups (broad SMARTS) is 1. The summed E-state index contributed by atoms with van der Waals surface area (Å²) in [4.78, 5) is 33.4. The van der Waals surface area contributed by atoms with E-state index in [2.05, 4.69) is 4.74 Å². The summed E-state index contributed by atoms with van der Waals surface area (Å²) < 4.78 is 85.5. The van der Waals surface area contributed by atoms with Crippen LogP contribution in [0.15, 0.2) is 12.1 Å². The van der Waals surface area contributed by atoms with Gasteiger partial charge in [-0.05, 0) is 12.1 Å². The number of hydrogen-bond donors (Lipinski definition) is 3. The smallest absolute Gasteiger partial charge is 0.417 e. The van der Waals surface area contributed by atoms with Crippen molar-refractivity contribution in [3.63, 3.8) is 0 Å². The van der Waals surface area contributed by atoms with Gasteiger partial charge in [0, 0.05) is 0 Å². The van der Waals surface area contributed by atoms with Gasteiger partial charge in [0.15, 0.2) is 11.5 Å². The van der Waals surface area contributed by atoms with E-state index in [1.54, 1.807) is 0 Å². The summed E-state index contributed by atoms with van der Waals surface area (Å²) in [5.41, 5.74) is -0.184. The van der Waals surface area contributed by atoms with Crippen molar-refractivity contribution < 1.29 is 55.3 Å². The number of methoxy groups -OCH3 is 2. The van der Waals surface area contributed by atoms with Crippen LogP contribution in [-0.2, 0) is 17.1 Å². The summed E-state index contributed by atoms with van der Waals surface area (Å²) in [5, 5.41) is 10.0. The van der Waals surface area contributed by atoms with Crippen molar-refractivity contribution in [1.29, 1.82) is 0 Å². The highest BCUT2D eigenvalue weighted by Crippen LogP contribution is 2.46.